The maximum absolute atomic E-state index is 10.5. The van der Waals surface area contributed by atoms with Crippen molar-refractivity contribution in [1.82, 2.24) is 4.90 Å². The summed E-state index contributed by atoms with van der Waals surface area (Å²) in [6.07, 6.45) is -0.675. The van der Waals surface area contributed by atoms with E-state index < -0.39 is 12.1 Å². The zero-order valence-corrected chi connectivity index (χ0v) is 9.50. The average Bonchev–Trinajstić information content (AvgIpc) is 2.27. The van der Waals surface area contributed by atoms with Gasteiger partial charge in [0.1, 0.15) is 0 Å². The lowest BCUT2D eigenvalue weighted by Crippen LogP contribution is -2.37. The smallest absolute Gasteiger partial charge is 0.317 e. The van der Waals surface area contributed by atoms with Gasteiger partial charge >= 0.3 is 5.97 Å². The first kappa shape index (κ1) is 12.7. The summed E-state index contributed by atoms with van der Waals surface area (Å²) in [6, 6.07) is 9.00. The number of hydrogen-bond acceptors (Lipinski definition) is 3. The average molecular weight is 223 g/mol. The van der Waals surface area contributed by atoms with Crippen LogP contribution in [0.15, 0.2) is 30.3 Å². The van der Waals surface area contributed by atoms with Gasteiger partial charge in [-0.1, -0.05) is 30.3 Å². The summed E-state index contributed by atoms with van der Waals surface area (Å²) < 4.78 is 0. The van der Waals surface area contributed by atoms with Crippen molar-refractivity contribution < 1.29 is 15.0 Å². The monoisotopic (exact) mass is 223 g/mol. The topological polar surface area (TPSA) is 60.8 Å². The van der Waals surface area contributed by atoms with E-state index >= 15 is 0 Å². The Labute approximate surface area is 95.1 Å². The molecule has 0 fully saturated rings. The van der Waals surface area contributed by atoms with Crippen molar-refractivity contribution >= 4 is 5.97 Å². The van der Waals surface area contributed by atoms with E-state index in [4.69, 9.17) is 5.11 Å². The van der Waals surface area contributed by atoms with Gasteiger partial charge in [-0.3, -0.25) is 9.69 Å². The highest BCUT2D eigenvalue weighted by atomic mass is 16.4. The Morgan fingerprint density at radius 3 is 2.44 bits per heavy atom. The molecule has 4 heteroatoms. The molecule has 0 spiro atoms. The first-order valence-electron chi connectivity index (χ1n) is 5.17. The van der Waals surface area contributed by atoms with E-state index in [0.717, 1.165) is 5.56 Å². The van der Waals surface area contributed by atoms with Crippen LogP contribution in [0.5, 0.6) is 0 Å². The molecule has 0 heterocycles. The number of aliphatic hydroxyl groups excluding tert-OH is 1. The van der Waals surface area contributed by atoms with Crippen molar-refractivity contribution in [3.05, 3.63) is 35.9 Å². The van der Waals surface area contributed by atoms with E-state index in [0.29, 0.717) is 0 Å². The van der Waals surface area contributed by atoms with Gasteiger partial charge in [-0.2, -0.15) is 0 Å². The standard InChI is InChI=1S/C12H17NO3/c1-9(13(2)8-11(14)15)12(16)10-6-4-3-5-7-10/h3-7,9,12,16H,8H2,1-2H3,(H,14,15)/t9-,12-/m0/s1. The van der Waals surface area contributed by atoms with Crippen LogP contribution in [0.4, 0.5) is 0 Å². The van der Waals surface area contributed by atoms with Gasteiger partial charge in [0.25, 0.3) is 0 Å². The van der Waals surface area contributed by atoms with Crippen molar-refractivity contribution in [2.75, 3.05) is 13.6 Å². The lowest BCUT2D eigenvalue weighted by molar-refractivity contribution is -0.138. The van der Waals surface area contributed by atoms with Gasteiger partial charge in [0, 0.05) is 6.04 Å². The Bertz CT molecular complexity index is 339. The van der Waals surface area contributed by atoms with Crippen LogP contribution >= 0.6 is 0 Å². The van der Waals surface area contributed by atoms with Crippen LogP contribution in [0, 0.1) is 0 Å². The number of rotatable bonds is 5. The molecule has 1 aromatic carbocycles. The van der Waals surface area contributed by atoms with Crippen LogP contribution < -0.4 is 0 Å². The minimum atomic E-state index is -0.894. The molecule has 0 unspecified atom stereocenters. The Kier molecular flexibility index (Phi) is 4.46. The lowest BCUT2D eigenvalue weighted by Gasteiger charge is -2.27. The highest BCUT2D eigenvalue weighted by Gasteiger charge is 2.21. The summed E-state index contributed by atoms with van der Waals surface area (Å²) in [5, 5.41) is 18.7. The fourth-order valence-electron chi connectivity index (χ4n) is 1.53. The van der Waals surface area contributed by atoms with Crippen LogP contribution in [0.2, 0.25) is 0 Å². The van der Waals surface area contributed by atoms with Gasteiger partial charge in [-0.05, 0) is 19.5 Å². The highest BCUT2D eigenvalue weighted by molar-refractivity contribution is 5.69. The number of carboxylic acid groups (broad SMARTS) is 1. The van der Waals surface area contributed by atoms with Gasteiger partial charge in [-0.25, -0.2) is 0 Å². The van der Waals surface area contributed by atoms with E-state index in [1.807, 2.05) is 30.3 Å². The zero-order chi connectivity index (χ0) is 12.1. The number of carboxylic acids is 1. The molecule has 0 saturated heterocycles. The Morgan fingerprint density at radius 1 is 1.38 bits per heavy atom. The summed E-state index contributed by atoms with van der Waals surface area (Å²) in [5.74, 6) is -0.894. The van der Waals surface area contributed by atoms with Crippen LogP contribution in [0.3, 0.4) is 0 Å². The van der Waals surface area contributed by atoms with E-state index in [-0.39, 0.29) is 12.6 Å². The van der Waals surface area contributed by atoms with Gasteiger partial charge < -0.3 is 10.2 Å². The second-order valence-electron chi connectivity index (χ2n) is 3.90. The minimum absolute atomic E-state index is 0.0783. The number of hydrogen-bond donors (Lipinski definition) is 2. The predicted molar refractivity (Wildman–Crippen MR) is 61.1 cm³/mol. The van der Waals surface area contributed by atoms with Gasteiger partial charge in [0.2, 0.25) is 0 Å². The molecule has 0 aliphatic carbocycles. The molecule has 88 valence electrons. The summed E-state index contributed by atoms with van der Waals surface area (Å²) >= 11 is 0. The van der Waals surface area contributed by atoms with Crippen molar-refractivity contribution in [3.8, 4) is 0 Å². The molecule has 16 heavy (non-hydrogen) atoms. The fourth-order valence-corrected chi connectivity index (χ4v) is 1.53. The van der Waals surface area contributed by atoms with Crippen LogP contribution in [0.1, 0.15) is 18.6 Å². The highest BCUT2D eigenvalue weighted by Crippen LogP contribution is 2.19. The number of carbonyl (C=O) groups is 1. The summed E-state index contributed by atoms with van der Waals surface area (Å²) in [4.78, 5) is 12.2. The molecule has 1 rings (SSSR count). The largest absolute Gasteiger partial charge is 0.480 e. The first-order chi connectivity index (χ1) is 7.52. The molecule has 2 atom stereocenters. The predicted octanol–water partition coefficient (Wildman–Crippen LogP) is 1.12. The minimum Gasteiger partial charge on any atom is -0.480 e. The third-order valence-corrected chi connectivity index (χ3v) is 2.68. The zero-order valence-electron chi connectivity index (χ0n) is 9.50. The molecule has 0 amide bonds. The van der Waals surface area contributed by atoms with Crippen LogP contribution in [-0.4, -0.2) is 40.7 Å². The SMILES string of the molecule is C[C@@H]([C@H](O)c1ccccc1)N(C)CC(=O)O. The van der Waals surface area contributed by atoms with Crippen molar-refractivity contribution in [2.24, 2.45) is 0 Å². The second-order valence-corrected chi connectivity index (χ2v) is 3.90. The summed E-state index contributed by atoms with van der Waals surface area (Å²) in [7, 11) is 1.69. The van der Waals surface area contributed by atoms with Crippen molar-refractivity contribution in [2.45, 2.75) is 19.1 Å². The fraction of sp³-hybridized carbons (Fsp3) is 0.417. The molecule has 0 bridgehead atoms. The van der Waals surface area contributed by atoms with E-state index in [1.165, 1.54) is 0 Å². The lowest BCUT2D eigenvalue weighted by atomic mass is 10.0. The van der Waals surface area contributed by atoms with Crippen molar-refractivity contribution in [3.63, 3.8) is 0 Å². The molecule has 4 nitrogen and oxygen atoms in total. The molecular weight excluding hydrogens is 206 g/mol. The number of benzene rings is 1. The third-order valence-electron chi connectivity index (χ3n) is 2.68. The maximum Gasteiger partial charge on any atom is 0.317 e. The quantitative estimate of drug-likeness (QED) is 0.785. The Hall–Kier alpha value is -1.39. The molecule has 0 radical (unpaired) electrons. The molecule has 0 aliphatic rings. The Balaban J connectivity index is 2.67. The number of likely N-dealkylation sites (N-methyl/N-ethyl adjacent to an activating group) is 1. The van der Waals surface area contributed by atoms with Gasteiger partial charge in [0.15, 0.2) is 0 Å². The number of aliphatic hydroxyl groups is 1. The van der Waals surface area contributed by atoms with E-state index in [1.54, 1.807) is 18.9 Å². The van der Waals surface area contributed by atoms with Crippen LogP contribution in [0.25, 0.3) is 0 Å². The van der Waals surface area contributed by atoms with Crippen molar-refractivity contribution in [1.29, 1.82) is 0 Å². The van der Waals surface area contributed by atoms with E-state index in [2.05, 4.69) is 0 Å². The van der Waals surface area contributed by atoms with E-state index in [9.17, 15) is 9.90 Å². The summed E-state index contributed by atoms with van der Waals surface area (Å²) in [6.45, 7) is 1.73. The molecule has 1 aromatic rings. The third kappa shape index (κ3) is 3.32. The van der Waals surface area contributed by atoms with Gasteiger partial charge in [0.05, 0.1) is 12.6 Å². The normalized spacial score (nSPS) is 14.8. The first-order valence-corrected chi connectivity index (χ1v) is 5.17. The molecule has 0 aromatic heterocycles. The summed E-state index contributed by atoms with van der Waals surface area (Å²) in [5.41, 5.74) is 0.798. The molecule has 0 aliphatic heterocycles. The number of nitrogens with zero attached hydrogens (tertiary/aromatic N) is 1. The Morgan fingerprint density at radius 2 is 1.94 bits per heavy atom. The van der Waals surface area contributed by atoms with Crippen LogP contribution in [-0.2, 0) is 4.79 Å². The second kappa shape index (κ2) is 5.63. The number of aliphatic carboxylic acids is 1. The molecule has 0 saturated carbocycles. The maximum atomic E-state index is 10.5. The van der Waals surface area contributed by atoms with Gasteiger partial charge in [-0.15, -0.1) is 0 Å². The molecule has 2 N–H and O–H groups in total. The molecular formula is C12H17NO3.